The molecule has 0 aliphatic heterocycles. The SMILES string of the molecule is Cc1nc(Cc2ccccc2)sc1C(=O)NCCNS(=O)(=O)c1cccc([N+](=O)[O-])c1. The number of nitro groups is 1. The van der Waals surface area contributed by atoms with Gasteiger partial charge in [-0.3, -0.25) is 14.9 Å². The zero-order chi connectivity index (χ0) is 22.4. The number of aryl methyl sites for hydroxylation is 1. The molecule has 0 saturated carbocycles. The average molecular weight is 461 g/mol. The number of carbonyl (C=O) groups is 1. The summed E-state index contributed by atoms with van der Waals surface area (Å²) in [6.07, 6.45) is 0.628. The molecule has 0 bridgehead atoms. The molecule has 31 heavy (non-hydrogen) atoms. The molecular formula is C20H20N4O5S2. The summed E-state index contributed by atoms with van der Waals surface area (Å²) in [5, 5.41) is 14.3. The lowest BCUT2D eigenvalue weighted by atomic mass is 10.2. The highest BCUT2D eigenvalue weighted by Crippen LogP contribution is 2.21. The number of sulfonamides is 1. The Balaban J connectivity index is 1.54. The van der Waals surface area contributed by atoms with Crippen molar-refractivity contribution in [2.45, 2.75) is 18.2 Å². The van der Waals surface area contributed by atoms with Gasteiger partial charge in [0.1, 0.15) is 4.88 Å². The highest BCUT2D eigenvalue weighted by molar-refractivity contribution is 7.89. The monoisotopic (exact) mass is 460 g/mol. The Hall–Kier alpha value is -3.15. The van der Waals surface area contributed by atoms with E-state index in [-0.39, 0.29) is 29.6 Å². The van der Waals surface area contributed by atoms with Gasteiger partial charge in [0.25, 0.3) is 11.6 Å². The van der Waals surface area contributed by atoms with Crippen LogP contribution in [0.1, 0.15) is 25.9 Å². The maximum absolute atomic E-state index is 12.5. The van der Waals surface area contributed by atoms with Crippen LogP contribution in [0, 0.1) is 17.0 Å². The average Bonchev–Trinajstić information content (AvgIpc) is 3.12. The van der Waals surface area contributed by atoms with Crippen LogP contribution in [0.4, 0.5) is 5.69 Å². The van der Waals surface area contributed by atoms with Crippen LogP contribution in [-0.4, -0.2) is 37.3 Å². The summed E-state index contributed by atoms with van der Waals surface area (Å²) in [6.45, 7) is 1.74. The summed E-state index contributed by atoms with van der Waals surface area (Å²) in [5.41, 5.74) is 1.40. The Kier molecular flexibility index (Phi) is 7.10. The van der Waals surface area contributed by atoms with E-state index in [0.717, 1.165) is 16.6 Å². The van der Waals surface area contributed by atoms with Crippen LogP contribution in [0.25, 0.3) is 0 Å². The Labute approximate surface area is 183 Å². The summed E-state index contributed by atoms with van der Waals surface area (Å²) in [7, 11) is -3.93. The van der Waals surface area contributed by atoms with Gasteiger partial charge in [-0.1, -0.05) is 36.4 Å². The van der Waals surface area contributed by atoms with Gasteiger partial charge in [0, 0.05) is 31.6 Å². The molecule has 0 radical (unpaired) electrons. The van der Waals surface area contributed by atoms with E-state index in [1.54, 1.807) is 6.92 Å². The van der Waals surface area contributed by atoms with Crippen LogP contribution in [0.2, 0.25) is 0 Å². The first kappa shape index (κ1) is 22.5. The van der Waals surface area contributed by atoms with Gasteiger partial charge >= 0.3 is 0 Å². The minimum atomic E-state index is -3.93. The quantitative estimate of drug-likeness (QED) is 0.287. The summed E-state index contributed by atoms with van der Waals surface area (Å²) in [6, 6.07) is 14.6. The topological polar surface area (TPSA) is 131 Å². The van der Waals surface area contributed by atoms with Crippen LogP contribution in [0.3, 0.4) is 0 Å². The number of nitrogens with one attached hydrogen (secondary N) is 2. The third-order valence-electron chi connectivity index (χ3n) is 4.29. The van der Waals surface area contributed by atoms with Crippen LogP contribution in [-0.2, 0) is 16.4 Å². The Bertz CT molecular complexity index is 1190. The normalized spacial score (nSPS) is 11.3. The summed E-state index contributed by atoms with van der Waals surface area (Å²) in [5.74, 6) is -0.330. The predicted octanol–water partition coefficient (Wildman–Crippen LogP) is 2.66. The molecule has 162 valence electrons. The van der Waals surface area contributed by atoms with Crippen molar-refractivity contribution >= 4 is 33.0 Å². The molecule has 0 saturated heterocycles. The zero-order valence-electron chi connectivity index (χ0n) is 16.6. The van der Waals surface area contributed by atoms with Crippen molar-refractivity contribution in [3.8, 4) is 0 Å². The third kappa shape index (κ3) is 5.94. The molecule has 3 rings (SSSR count). The highest BCUT2D eigenvalue weighted by atomic mass is 32.2. The summed E-state index contributed by atoms with van der Waals surface area (Å²) in [4.78, 5) is 27.3. The molecule has 1 heterocycles. The lowest BCUT2D eigenvalue weighted by Gasteiger charge is -2.07. The van der Waals surface area contributed by atoms with E-state index < -0.39 is 14.9 Å². The molecule has 2 aromatic carbocycles. The second kappa shape index (κ2) is 9.77. The minimum Gasteiger partial charge on any atom is -0.350 e. The number of carbonyl (C=O) groups excluding carboxylic acids is 1. The van der Waals surface area contributed by atoms with E-state index in [4.69, 9.17) is 0 Å². The Morgan fingerprint density at radius 3 is 2.58 bits per heavy atom. The molecule has 1 amide bonds. The fourth-order valence-corrected chi connectivity index (χ4v) is 4.88. The fraction of sp³-hybridized carbons (Fsp3) is 0.200. The van der Waals surface area contributed by atoms with Gasteiger partial charge in [-0.25, -0.2) is 18.1 Å². The van der Waals surface area contributed by atoms with E-state index in [2.05, 4.69) is 15.0 Å². The minimum absolute atomic E-state index is 0.0539. The van der Waals surface area contributed by atoms with E-state index in [0.29, 0.717) is 17.0 Å². The second-order valence-electron chi connectivity index (χ2n) is 6.59. The number of hydrogen-bond donors (Lipinski definition) is 2. The first-order valence-electron chi connectivity index (χ1n) is 9.29. The molecule has 9 nitrogen and oxygen atoms in total. The van der Waals surface area contributed by atoms with Gasteiger partial charge < -0.3 is 5.32 Å². The fourth-order valence-electron chi connectivity index (χ4n) is 2.80. The van der Waals surface area contributed by atoms with Crippen molar-refractivity contribution in [3.05, 3.63) is 85.9 Å². The van der Waals surface area contributed by atoms with Gasteiger partial charge in [-0.2, -0.15) is 0 Å². The van der Waals surface area contributed by atoms with Crippen LogP contribution in [0.15, 0.2) is 59.5 Å². The molecule has 0 fully saturated rings. The number of nitrogens with zero attached hydrogens (tertiary/aromatic N) is 2. The molecule has 0 spiro atoms. The Morgan fingerprint density at radius 1 is 1.13 bits per heavy atom. The number of aromatic nitrogens is 1. The van der Waals surface area contributed by atoms with Crippen molar-refractivity contribution in [2.75, 3.05) is 13.1 Å². The predicted molar refractivity (Wildman–Crippen MR) is 117 cm³/mol. The molecule has 1 aromatic heterocycles. The first-order chi connectivity index (χ1) is 14.8. The summed E-state index contributed by atoms with van der Waals surface area (Å²) >= 11 is 1.30. The number of amides is 1. The first-order valence-corrected chi connectivity index (χ1v) is 11.6. The molecular weight excluding hydrogens is 440 g/mol. The van der Waals surface area contributed by atoms with E-state index in [1.807, 2.05) is 30.3 Å². The van der Waals surface area contributed by atoms with Gasteiger partial charge in [0.15, 0.2) is 0 Å². The van der Waals surface area contributed by atoms with Crippen LogP contribution < -0.4 is 10.0 Å². The standard InChI is InChI=1S/C20H20N4O5S2/c1-14-19(30-18(23-14)12-15-6-3-2-4-7-15)20(25)21-10-11-22-31(28,29)17-9-5-8-16(13-17)24(26)27/h2-9,13,22H,10-12H2,1H3,(H,21,25). The Morgan fingerprint density at radius 2 is 1.87 bits per heavy atom. The van der Waals surface area contributed by atoms with Gasteiger partial charge in [-0.15, -0.1) is 11.3 Å². The maximum atomic E-state index is 12.5. The lowest BCUT2D eigenvalue weighted by molar-refractivity contribution is -0.385. The number of non-ortho nitro benzene ring substituents is 1. The highest BCUT2D eigenvalue weighted by Gasteiger charge is 2.18. The van der Waals surface area contributed by atoms with Crippen molar-refractivity contribution in [1.29, 1.82) is 0 Å². The van der Waals surface area contributed by atoms with Gasteiger partial charge in [0.2, 0.25) is 10.0 Å². The van der Waals surface area contributed by atoms with Crippen molar-refractivity contribution in [2.24, 2.45) is 0 Å². The smallest absolute Gasteiger partial charge is 0.270 e. The summed E-state index contributed by atoms with van der Waals surface area (Å²) < 4.78 is 26.9. The molecule has 3 aromatic rings. The third-order valence-corrected chi connectivity index (χ3v) is 6.90. The molecule has 0 aliphatic rings. The second-order valence-corrected chi connectivity index (χ2v) is 9.44. The van der Waals surface area contributed by atoms with Crippen molar-refractivity contribution in [1.82, 2.24) is 15.0 Å². The van der Waals surface area contributed by atoms with Gasteiger partial charge in [0.05, 0.1) is 20.5 Å². The lowest BCUT2D eigenvalue weighted by Crippen LogP contribution is -2.34. The largest absolute Gasteiger partial charge is 0.350 e. The number of nitro benzene ring substituents is 1. The number of hydrogen-bond acceptors (Lipinski definition) is 7. The van der Waals surface area contributed by atoms with Crippen molar-refractivity contribution in [3.63, 3.8) is 0 Å². The molecule has 0 atom stereocenters. The number of thiazole rings is 1. The molecule has 0 aliphatic carbocycles. The number of rotatable bonds is 9. The number of benzene rings is 2. The molecule has 11 heteroatoms. The van der Waals surface area contributed by atoms with E-state index in [9.17, 15) is 23.3 Å². The van der Waals surface area contributed by atoms with Crippen LogP contribution in [0.5, 0.6) is 0 Å². The van der Waals surface area contributed by atoms with Gasteiger partial charge in [-0.05, 0) is 18.6 Å². The van der Waals surface area contributed by atoms with Crippen LogP contribution >= 0.6 is 11.3 Å². The van der Waals surface area contributed by atoms with E-state index in [1.165, 1.54) is 29.5 Å². The molecule has 2 N–H and O–H groups in total. The molecule has 0 unspecified atom stereocenters. The van der Waals surface area contributed by atoms with Crippen molar-refractivity contribution < 1.29 is 18.1 Å². The maximum Gasteiger partial charge on any atom is 0.270 e. The van der Waals surface area contributed by atoms with E-state index >= 15 is 0 Å². The zero-order valence-corrected chi connectivity index (χ0v) is 18.2.